The van der Waals surface area contributed by atoms with Gasteiger partial charge in [0.05, 0.1) is 0 Å². The number of hydrogen-bond acceptors (Lipinski definition) is 0. The molecule has 0 N–H and O–H groups in total. The van der Waals surface area contributed by atoms with Crippen LogP contribution in [0, 0.1) is 0 Å². The second-order valence-corrected chi connectivity index (χ2v) is 7.52. The second-order valence-electron chi connectivity index (χ2n) is 5.22. The molecule has 0 aromatic heterocycles. The van der Waals surface area contributed by atoms with Gasteiger partial charge in [-0.3, -0.25) is 0 Å². The third-order valence-corrected chi connectivity index (χ3v) is 6.31. The zero-order valence-corrected chi connectivity index (χ0v) is 13.6. The Bertz CT molecular complexity index is 504. The van der Waals surface area contributed by atoms with Crippen molar-refractivity contribution in [1.29, 1.82) is 0 Å². The third-order valence-electron chi connectivity index (χ3n) is 3.60. The molecule has 20 heavy (non-hydrogen) atoms. The summed E-state index contributed by atoms with van der Waals surface area (Å²) in [6.45, 7) is 4.56. The van der Waals surface area contributed by atoms with Crippen molar-refractivity contribution in [1.82, 2.24) is 0 Å². The van der Waals surface area contributed by atoms with Crippen molar-refractivity contribution in [2.24, 2.45) is 0 Å². The summed E-state index contributed by atoms with van der Waals surface area (Å²) >= 11 is 0. The summed E-state index contributed by atoms with van der Waals surface area (Å²) in [4.78, 5) is 0. The number of unbranched alkanes of at least 4 members (excludes halogenated alkanes) is 1. The summed E-state index contributed by atoms with van der Waals surface area (Å²) < 4.78 is 0. The van der Waals surface area contributed by atoms with Crippen LogP contribution >= 0.6 is 7.92 Å². The van der Waals surface area contributed by atoms with E-state index in [4.69, 9.17) is 0 Å². The second kappa shape index (κ2) is 8.22. The van der Waals surface area contributed by atoms with Crippen LogP contribution in [0.15, 0.2) is 54.6 Å². The lowest BCUT2D eigenvalue weighted by atomic mass is 10.1. The van der Waals surface area contributed by atoms with Crippen LogP contribution in [0.1, 0.15) is 38.7 Å². The minimum absolute atomic E-state index is 0.189. The Kier molecular flexibility index (Phi) is 6.27. The molecule has 1 atom stereocenters. The van der Waals surface area contributed by atoms with E-state index in [0.29, 0.717) is 0 Å². The van der Waals surface area contributed by atoms with Gasteiger partial charge in [-0.05, 0) is 43.1 Å². The summed E-state index contributed by atoms with van der Waals surface area (Å²) in [6, 6.07) is 20.2. The van der Waals surface area contributed by atoms with E-state index in [1.807, 2.05) is 0 Å². The molecule has 0 amide bonds. The van der Waals surface area contributed by atoms with E-state index in [1.165, 1.54) is 37.1 Å². The predicted molar refractivity (Wildman–Crippen MR) is 92.8 cm³/mol. The fraction of sp³-hybridized carbons (Fsp3) is 0.368. The molecule has 0 heterocycles. The molecule has 2 aromatic carbocycles. The summed E-state index contributed by atoms with van der Waals surface area (Å²) in [5.74, 6) is 0. The lowest BCUT2D eigenvalue weighted by Crippen LogP contribution is -2.17. The summed E-state index contributed by atoms with van der Waals surface area (Å²) in [5.41, 5.74) is 1.56. The maximum Gasteiger partial charge on any atom is -0.0163 e. The normalized spacial score (nSPS) is 12.3. The van der Waals surface area contributed by atoms with Crippen LogP contribution in [0.3, 0.4) is 0 Å². The lowest BCUT2D eigenvalue weighted by Gasteiger charge is -2.21. The smallest absolute Gasteiger partial charge is 0.0163 e. The molecule has 0 aliphatic heterocycles. The maximum absolute atomic E-state index is 2.36. The van der Waals surface area contributed by atoms with Gasteiger partial charge in [-0.1, -0.05) is 81.3 Å². The van der Waals surface area contributed by atoms with Crippen molar-refractivity contribution in [3.05, 3.63) is 60.2 Å². The van der Waals surface area contributed by atoms with Gasteiger partial charge in [0.15, 0.2) is 0 Å². The SMILES string of the molecule is CCCCP(c1ccccc1)c1ccccc1CCC. The fourth-order valence-electron chi connectivity index (χ4n) is 2.57. The Morgan fingerprint density at radius 1 is 0.800 bits per heavy atom. The van der Waals surface area contributed by atoms with Gasteiger partial charge < -0.3 is 0 Å². The number of benzene rings is 2. The Morgan fingerprint density at radius 2 is 1.50 bits per heavy atom. The van der Waals surface area contributed by atoms with Gasteiger partial charge in [-0.2, -0.15) is 0 Å². The largest absolute Gasteiger partial charge is 0.0654 e. The first-order chi connectivity index (χ1) is 9.86. The summed E-state index contributed by atoms with van der Waals surface area (Å²) in [5, 5.41) is 3.13. The molecule has 0 fully saturated rings. The first-order valence-corrected chi connectivity index (χ1v) is 9.30. The van der Waals surface area contributed by atoms with Crippen LogP contribution < -0.4 is 10.6 Å². The van der Waals surface area contributed by atoms with Crippen LogP contribution in [0.4, 0.5) is 0 Å². The van der Waals surface area contributed by atoms with Crippen molar-refractivity contribution < 1.29 is 0 Å². The highest BCUT2D eigenvalue weighted by molar-refractivity contribution is 7.73. The minimum Gasteiger partial charge on any atom is -0.0654 e. The molecule has 2 aromatic rings. The molecule has 1 unspecified atom stereocenters. The molecule has 0 saturated carbocycles. The average Bonchev–Trinajstić information content (AvgIpc) is 2.50. The Balaban J connectivity index is 2.36. The first-order valence-electron chi connectivity index (χ1n) is 7.77. The van der Waals surface area contributed by atoms with E-state index in [0.717, 1.165) is 0 Å². The van der Waals surface area contributed by atoms with E-state index in [2.05, 4.69) is 68.4 Å². The van der Waals surface area contributed by atoms with Gasteiger partial charge >= 0.3 is 0 Å². The van der Waals surface area contributed by atoms with Gasteiger partial charge in [-0.25, -0.2) is 0 Å². The molecule has 0 radical (unpaired) electrons. The molecule has 1 heteroatoms. The lowest BCUT2D eigenvalue weighted by molar-refractivity contribution is 0.893. The topological polar surface area (TPSA) is 0 Å². The molecule has 106 valence electrons. The zero-order chi connectivity index (χ0) is 14.2. The molecule has 0 nitrogen and oxygen atoms in total. The number of aryl methyl sites for hydroxylation is 1. The Morgan fingerprint density at radius 3 is 2.20 bits per heavy atom. The van der Waals surface area contributed by atoms with Gasteiger partial charge in [0.1, 0.15) is 0 Å². The van der Waals surface area contributed by atoms with E-state index < -0.39 is 0 Å². The van der Waals surface area contributed by atoms with Crippen LogP contribution in [0.2, 0.25) is 0 Å². The number of rotatable bonds is 7. The van der Waals surface area contributed by atoms with Crippen molar-refractivity contribution in [2.75, 3.05) is 6.16 Å². The summed E-state index contributed by atoms with van der Waals surface area (Å²) in [6.07, 6.45) is 6.34. The van der Waals surface area contributed by atoms with E-state index >= 15 is 0 Å². The van der Waals surface area contributed by atoms with E-state index in [1.54, 1.807) is 10.9 Å². The fourth-order valence-corrected chi connectivity index (χ4v) is 5.31. The van der Waals surface area contributed by atoms with Crippen LogP contribution in [-0.4, -0.2) is 6.16 Å². The molecular weight excluding hydrogens is 259 g/mol. The van der Waals surface area contributed by atoms with Crippen molar-refractivity contribution in [3.63, 3.8) is 0 Å². The highest BCUT2D eigenvalue weighted by Crippen LogP contribution is 2.36. The molecule has 0 bridgehead atoms. The van der Waals surface area contributed by atoms with Gasteiger partial charge in [0.25, 0.3) is 0 Å². The average molecular weight is 284 g/mol. The third kappa shape index (κ3) is 3.93. The molecule has 0 aliphatic carbocycles. The molecular formula is C19H25P. The van der Waals surface area contributed by atoms with Crippen molar-refractivity contribution in [2.45, 2.75) is 39.5 Å². The standard InChI is InChI=1S/C19H25P/c1-3-5-16-20(18-13-7-6-8-14-18)19-15-10-9-12-17(19)11-4-2/h6-10,12-15H,3-5,11,16H2,1-2H3. The van der Waals surface area contributed by atoms with Gasteiger partial charge in [-0.15, -0.1) is 0 Å². The highest BCUT2D eigenvalue weighted by atomic mass is 31.1. The minimum atomic E-state index is -0.189. The monoisotopic (exact) mass is 284 g/mol. The Labute approximate surface area is 125 Å². The van der Waals surface area contributed by atoms with Gasteiger partial charge in [0.2, 0.25) is 0 Å². The molecule has 0 spiro atoms. The van der Waals surface area contributed by atoms with E-state index in [-0.39, 0.29) is 7.92 Å². The quantitative estimate of drug-likeness (QED) is 0.636. The molecule has 0 aliphatic rings. The van der Waals surface area contributed by atoms with Crippen LogP contribution in [-0.2, 0) is 6.42 Å². The first kappa shape index (κ1) is 15.3. The highest BCUT2D eigenvalue weighted by Gasteiger charge is 2.15. The van der Waals surface area contributed by atoms with Crippen LogP contribution in [0.25, 0.3) is 0 Å². The Hall–Kier alpha value is -1.13. The zero-order valence-electron chi connectivity index (χ0n) is 12.7. The molecule has 0 saturated heterocycles. The van der Waals surface area contributed by atoms with Crippen molar-refractivity contribution in [3.8, 4) is 0 Å². The van der Waals surface area contributed by atoms with Gasteiger partial charge in [0, 0.05) is 0 Å². The predicted octanol–water partition coefficient (Wildman–Crippen LogP) is 4.87. The van der Waals surface area contributed by atoms with E-state index in [9.17, 15) is 0 Å². The summed E-state index contributed by atoms with van der Waals surface area (Å²) in [7, 11) is -0.189. The maximum atomic E-state index is 2.36. The number of hydrogen-bond donors (Lipinski definition) is 0. The van der Waals surface area contributed by atoms with Crippen molar-refractivity contribution >= 4 is 18.5 Å². The molecule has 2 rings (SSSR count). The van der Waals surface area contributed by atoms with Crippen LogP contribution in [0.5, 0.6) is 0 Å².